The summed E-state index contributed by atoms with van der Waals surface area (Å²) in [5, 5.41) is 0. The molecule has 0 bridgehead atoms. The van der Waals surface area contributed by atoms with E-state index in [9.17, 15) is 4.79 Å². The number of pyridine rings is 1. The predicted octanol–water partition coefficient (Wildman–Crippen LogP) is 2.91. The molecule has 0 fully saturated rings. The molecular weight excluding hydrogens is 246 g/mol. The minimum atomic E-state index is 0.317. The monoisotopic (exact) mass is 257 g/mol. The van der Waals surface area contributed by atoms with Crippen LogP contribution in [0.1, 0.15) is 16.3 Å². The van der Waals surface area contributed by atoms with Crippen molar-refractivity contribution >= 4 is 17.8 Å². The zero-order valence-electron chi connectivity index (χ0n) is 10.1. The summed E-state index contributed by atoms with van der Waals surface area (Å²) in [5.41, 5.74) is 3.13. The third-order valence-corrected chi connectivity index (χ3v) is 3.30. The zero-order valence-corrected chi connectivity index (χ0v) is 10.9. The molecule has 2 heterocycles. The minimum absolute atomic E-state index is 0.317. The summed E-state index contributed by atoms with van der Waals surface area (Å²) in [6.07, 6.45) is 2.32. The molecule has 0 saturated carbocycles. The Bertz CT molecular complexity index is 614. The summed E-state index contributed by atoms with van der Waals surface area (Å²) in [6, 6.07) is 7.99. The van der Waals surface area contributed by atoms with Gasteiger partial charge in [0.05, 0.1) is 4.88 Å². The summed E-state index contributed by atoms with van der Waals surface area (Å²) in [6.45, 7) is 4.27. The van der Waals surface area contributed by atoms with E-state index in [1.165, 1.54) is 0 Å². The zero-order chi connectivity index (χ0) is 13.0. The normalized spacial score (nSPS) is 9.44. The van der Waals surface area contributed by atoms with Crippen LogP contribution in [0.15, 0.2) is 24.3 Å². The van der Waals surface area contributed by atoms with Crippen LogP contribution >= 0.6 is 11.3 Å². The lowest BCUT2D eigenvalue weighted by atomic mass is 10.1. The van der Waals surface area contributed by atoms with Crippen molar-refractivity contribution in [1.29, 1.82) is 0 Å². The molecule has 0 aliphatic heterocycles. The van der Waals surface area contributed by atoms with Crippen molar-refractivity contribution < 1.29 is 9.53 Å². The van der Waals surface area contributed by atoms with Gasteiger partial charge < -0.3 is 4.74 Å². The van der Waals surface area contributed by atoms with Crippen molar-refractivity contribution in [1.82, 2.24) is 4.98 Å². The Morgan fingerprint density at radius 3 is 2.67 bits per heavy atom. The molecule has 0 radical (unpaired) electrons. The molecule has 0 aromatic carbocycles. The first kappa shape index (κ1) is 12.3. The summed E-state index contributed by atoms with van der Waals surface area (Å²) in [4.78, 5) is 16.3. The highest BCUT2D eigenvalue weighted by Crippen LogP contribution is 2.28. The highest BCUT2D eigenvalue weighted by atomic mass is 32.1. The van der Waals surface area contributed by atoms with Crippen LogP contribution in [-0.2, 0) is 9.53 Å². The van der Waals surface area contributed by atoms with Crippen LogP contribution in [-0.4, -0.2) is 11.5 Å². The fraction of sp³-hybridized carbons (Fsp3) is 0.143. The Hall–Kier alpha value is -2.12. The second-order valence-corrected chi connectivity index (χ2v) is 4.83. The minimum Gasteiger partial charge on any atom is -0.374 e. The Morgan fingerprint density at radius 2 is 2.00 bits per heavy atom. The lowest BCUT2D eigenvalue weighted by Gasteiger charge is -2.01. The number of thiophene rings is 1. The number of hydrogen-bond donors (Lipinski definition) is 0. The van der Waals surface area contributed by atoms with Crippen molar-refractivity contribution in [3.8, 4) is 22.5 Å². The number of carbonyl (C=O) groups excluding carboxylic acids is 1. The molecule has 0 spiro atoms. The average Bonchev–Trinajstić information content (AvgIpc) is 2.77. The molecule has 0 N–H and O–H groups in total. The number of nitrogens with zero attached hydrogens (tertiary/aromatic N) is 1. The maximum absolute atomic E-state index is 9.97. The standard InChI is InChI=1S/C14H11NO2S/c1-10-7-12(8-11(2)15-10)14-4-3-13(18-14)5-6-17-9-16/h3-4,7-9H,1-2H3. The Kier molecular flexibility index (Phi) is 3.75. The van der Waals surface area contributed by atoms with Gasteiger partial charge in [0.1, 0.15) is 6.11 Å². The lowest BCUT2D eigenvalue weighted by molar-refractivity contribution is -0.122. The van der Waals surface area contributed by atoms with Gasteiger partial charge in [-0.15, -0.1) is 11.3 Å². The molecule has 0 aliphatic rings. The van der Waals surface area contributed by atoms with Gasteiger partial charge in [0, 0.05) is 16.3 Å². The van der Waals surface area contributed by atoms with Gasteiger partial charge in [-0.1, -0.05) is 0 Å². The van der Waals surface area contributed by atoms with Crippen molar-refractivity contribution in [2.45, 2.75) is 13.8 Å². The first-order valence-electron chi connectivity index (χ1n) is 5.35. The van der Waals surface area contributed by atoms with Crippen molar-refractivity contribution in [2.24, 2.45) is 0 Å². The van der Waals surface area contributed by atoms with Crippen LogP contribution in [0.5, 0.6) is 0 Å². The van der Waals surface area contributed by atoms with Gasteiger partial charge in [0.2, 0.25) is 0 Å². The fourth-order valence-corrected chi connectivity index (χ4v) is 2.48. The van der Waals surface area contributed by atoms with Crippen LogP contribution in [0.4, 0.5) is 0 Å². The SMILES string of the molecule is Cc1cc(-c2ccc(C#COC=O)s2)cc(C)n1. The van der Waals surface area contributed by atoms with Gasteiger partial charge in [-0.05, 0) is 49.6 Å². The van der Waals surface area contributed by atoms with Crippen molar-refractivity contribution in [3.05, 3.63) is 40.5 Å². The Balaban J connectivity index is 2.30. The third kappa shape index (κ3) is 2.96. The molecule has 0 saturated heterocycles. The summed E-state index contributed by atoms with van der Waals surface area (Å²) < 4.78 is 4.35. The molecule has 0 amide bonds. The largest absolute Gasteiger partial charge is 0.374 e. The number of ether oxygens (including phenoxy) is 1. The highest BCUT2D eigenvalue weighted by Gasteiger charge is 2.03. The molecule has 0 atom stereocenters. The second-order valence-electron chi connectivity index (χ2n) is 3.74. The van der Waals surface area contributed by atoms with E-state index in [-0.39, 0.29) is 0 Å². The fourth-order valence-electron chi connectivity index (χ4n) is 1.64. The maximum Gasteiger partial charge on any atom is 0.307 e. The van der Waals surface area contributed by atoms with E-state index in [2.05, 4.69) is 21.7 Å². The predicted molar refractivity (Wildman–Crippen MR) is 71.1 cm³/mol. The number of rotatable bonds is 2. The van der Waals surface area contributed by atoms with Gasteiger partial charge in [0.15, 0.2) is 0 Å². The number of aryl methyl sites for hydroxylation is 2. The number of aromatic nitrogens is 1. The Morgan fingerprint density at radius 1 is 1.28 bits per heavy atom. The van der Waals surface area contributed by atoms with Gasteiger partial charge in [0.25, 0.3) is 0 Å². The molecule has 90 valence electrons. The molecular formula is C14H11NO2S. The second kappa shape index (κ2) is 5.48. The quantitative estimate of drug-likeness (QED) is 0.613. The highest BCUT2D eigenvalue weighted by molar-refractivity contribution is 7.16. The van der Waals surface area contributed by atoms with Crippen molar-refractivity contribution in [3.63, 3.8) is 0 Å². The average molecular weight is 257 g/mol. The molecule has 2 rings (SSSR count). The van der Waals surface area contributed by atoms with E-state index < -0.39 is 0 Å². The van der Waals surface area contributed by atoms with E-state index >= 15 is 0 Å². The van der Waals surface area contributed by atoms with Crippen molar-refractivity contribution in [2.75, 3.05) is 0 Å². The molecule has 2 aromatic heterocycles. The lowest BCUT2D eigenvalue weighted by Crippen LogP contribution is -1.86. The van der Waals surface area contributed by atoms with Gasteiger partial charge in [-0.2, -0.15) is 0 Å². The Labute approximate surface area is 109 Å². The summed E-state index contributed by atoms with van der Waals surface area (Å²) in [7, 11) is 0. The van der Waals surface area contributed by atoms with Gasteiger partial charge in [-0.25, -0.2) is 0 Å². The molecule has 18 heavy (non-hydrogen) atoms. The molecule has 3 nitrogen and oxygen atoms in total. The number of hydrogen-bond acceptors (Lipinski definition) is 4. The van der Waals surface area contributed by atoms with Gasteiger partial charge >= 0.3 is 6.47 Å². The van der Waals surface area contributed by atoms with E-state index in [1.54, 1.807) is 11.3 Å². The van der Waals surface area contributed by atoms with E-state index in [4.69, 9.17) is 0 Å². The third-order valence-electron chi connectivity index (χ3n) is 2.25. The van der Waals surface area contributed by atoms with Crippen LogP contribution < -0.4 is 0 Å². The van der Waals surface area contributed by atoms with E-state index in [0.29, 0.717) is 6.47 Å². The maximum atomic E-state index is 9.97. The van der Waals surface area contributed by atoms with E-state index in [0.717, 1.165) is 26.7 Å². The first-order valence-corrected chi connectivity index (χ1v) is 6.16. The number of carbonyl (C=O) groups is 1. The van der Waals surface area contributed by atoms with Crippen LogP contribution in [0.2, 0.25) is 0 Å². The topological polar surface area (TPSA) is 39.2 Å². The summed E-state index contributed by atoms with van der Waals surface area (Å²) >= 11 is 1.56. The van der Waals surface area contributed by atoms with Crippen LogP contribution in [0.3, 0.4) is 0 Å². The van der Waals surface area contributed by atoms with E-state index in [1.807, 2.05) is 38.1 Å². The smallest absolute Gasteiger partial charge is 0.307 e. The van der Waals surface area contributed by atoms with Crippen LogP contribution in [0.25, 0.3) is 10.4 Å². The van der Waals surface area contributed by atoms with Gasteiger partial charge in [-0.3, -0.25) is 9.78 Å². The van der Waals surface area contributed by atoms with Crippen LogP contribution in [0, 0.1) is 25.9 Å². The summed E-state index contributed by atoms with van der Waals surface area (Å²) in [5.74, 6) is 2.76. The first-order chi connectivity index (χ1) is 8.69. The molecule has 0 aliphatic carbocycles. The molecule has 4 heteroatoms. The molecule has 0 unspecified atom stereocenters. The molecule has 2 aromatic rings.